The summed E-state index contributed by atoms with van der Waals surface area (Å²) in [7, 11) is -0.109. The molecular formula is C13H22N2O3S. The lowest BCUT2D eigenvalue weighted by atomic mass is 10.1. The Morgan fingerprint density at radius 3 is 2.63 bits per heavy atom. The van der Waals surface area contributed by atoms with E-state index < -0.39 is 10.0 Å². The van der Waals surface area contributed by atoms with Crippen LogP contribution < -0.4 is 10.0 Å². The predicted molar refractivity (Wildman–Crippen MR) is 75.6 cm³/mol. The van der Waals surface area contributed by atoms with E-state index in [1.807, 2.05) is 27.0 Å². The molecule has 1 aromatic carbocycles. The molecule has 0 heterocycles. The number of nitrogens with one attached hydrogen (secondary N) is 2. The SMILES string of the molecule is CNCc1cccc(S(=O)(=O)NCC(C)OC)c1C. The van der Waals surface area contributed by atoms with E-state index in [9.17, 15) is 8.42 Å². The fourth-order valence-electron chi connectivity index (χ4n) is 1.72. The van der Waals surface area contributed by atoms with Crippen LogP contribution in [0.2, 0.25) is 0 Å². The minimum Gasteiger partial charge on any atom is -0.380 e. The maximum atomic E-state index is 12.2. The summed E-state index contributed by atoms with van der Waals surface area (Å²) in [6, 6.07) is 5.30. The van der Waals surface area contributed by atoms with Crippen molar-refractivity contribution in [3.8, 4) is 0 Å². The highest BCUT2D eigenvalue weighted by atomic mass is 32.2. The third kappa shape index (κ3) is 4.28. The van der Waals surface area contributed by atoms with Gasteiger partial charge in [0, 0.05) is 20.2 Å². The second-order valence-corrected chi connectivity index (χ2v) is 6.20. The number of hydrogen-bond acceptors (Lipinski definition) is 4. The van der Waals surface area contributed by atoms with Crippen LogP contribution in [0.3, 0.4) is 0 Å². The van der Waals surface area contributed by atoms with Gasteiger partial charge in [-0.05, 0) is 38.1 Å². The van der Waals surface area contributed by atoms with Gasteiger partial charge in [-0.25, -0.2) is 13.1 Å². The minimum atomic E-state index is -3.49. The van der Waals surface area contributed by atoms with Crippen LogP contribution in [-0.4, -0.2) is 35.2 Å². The van der Waals surface area contributed by atoms with Crippen molar-refractivity contribution in [1.82, 2.24) is 10.0 Å². The summed E-state index contributed by atoms with van der Waals surface area (Å²) < 4.78 is 32.1. The predicted octanol–water partition coefficient (Wildman–Crippen LogP) is 1.03. The number of hydrogen-bond donors (Lipinski definition) is 2. The number of methoxy groups -OCH3 is 1. The van der Waals surface area contributed by atoms with Gasteiger partial charge in [0.25, 0.3) is 0 Å². The van der Waals surface area contributed by atoms with Crippen molar-refractivity contribution in [3.63, 3.8) is 0 Å². The summed E-state index contributed by atoms with van der Waals surface area (Å²) in [5.41, 5.74) is 1.75. The average Bonchev–Trinajstić information content (AvgIpc) is 2.38. The number of sulfonamides is 1. The second-order valence-electron chi connectivity index (χ2n) is 4.47. The van der Waals surface area contributed by atoms with Gasteiger partial charge in [-0.3, -0.25) is 0 Å². The van der Waals surface area contributed by atoms with Crippen LogP contribution in [0.5, 0.6) is 0 Å². The van der Waals surface area contributed by atoms with Gasteiger partial charge in [0.2, 0.25) is 10.0 Å². The summed E-state index contributed by atoms with van der Waals surface area (Å²) >= 11 is 0. The summed E-state index contributed by atoms with van der Waals surface area (Å²) in [6.45, 7) is 4.53. The van der Waals surface area contributed by atoms with Crippen molar-refractivity contribution >= 4 is 10.0 Å². The van der Waals surface area contributed by atoms with Crippen LogP contribution in [0.25, 0.3) is 0 Å². The van der Waals surface area contributed by atoms with E-state index in [-0.39, 0.29) is 12.6 Å². The van der Waals surface area contributed by atoms with Crippen molar-refractivity contribution in [1.29, 1.82) is 0 Å². The van der Waals surface area contributed by atoms with E-state index >= 15 is 0 Å². The molecule has 0 fully saturated rings. The van der Waals surface area contributed by atoms with E-state index in [0.717, 1.165) is 11.1 Å². The molecule has 0 aromatic heterocycles. The quantitative estimate of drug-likeness (QED) is 0.785. The highest BCUT2D eigenvalue weighted by Gasteiger charge is 2.18. The first kappa shape index (κ1) is 16.1. The molecule has 0 spiro atoms. The van der Waals surface area contributed by atoms with E-state index in [2.05, 4.69) is 10.0 Å². The Labute approximate surface area is 115 Å². The second kappa shape index (κ2) is 7.00. The largest absolute Gasteiger partial charge is 0.380 e. The molecule has 1 unspecified atom stereocenters. The number of ether oxygens (including phenoxy) is 1. The number of rotatable bonds is 7. The molecule has 0 aliphatic rings. The Morgan fingerprint density at radius 1 is 1.37 bits per heavy atom. The molecule has 0 bridgehead atoms. The molecule has 2 N–H and O–H groups in total. The minimum absolute atomic E-state index is 0.157. The van der Waals surface area contributed by atoms with Crippen molar-refractivity contribution in [2.75, 3.05) is 20.7 Å². The van der Waals surface area contributed by atoms with Crippen molar-refractivity contribution in [2.45, 2.75) is 31.4 Å². The molecule has 0 aliphatic heterocycles. The lowest BCUT2D eigenvalue weighted by Crippen LogP contribution is -2.32. The summed E-state index contributed by atoms with van der Waals surface area (Å²) in [4.78, 5) is 0.323. The van der Waals surface area contributed by atoms with E-state index in [1.54, 1.807) is 19.2 Å². The van der Waals surface area contributed by atoms with Crippen LogP contribution in [0.15, 0.2) is 23.1 Å². The van der Waals surface area contributed by atoms with Gasteiger partial charge in [-0.2, -0.15) is 0 Å². The van der Waals surface area contributed by atoms with Crippen LogP contribution in [0.1, 0.15) is 18.1 Å². The zero-order valence-corrected chi connectivity index (χ0v) is 12.7. The summed E-state index contributed by atoms with van der Waals surface area (Å²) in [6.07, 6.45) is -0.157. The van der Waals surface area contributed by atoms with Gasteiger partial charge in [-0.15, -0.1) is 0 Å². The first-order valence-electron chi connectivity index (χ1n) is 6.18. The van der Waals surface area contributed by atoms with Gasteiger partial charge in [0.15, 0.2) is 0 Å². The van der Waals surface area contributed by atoms with Gasteiger partial charge in [-0.1, -0.05) is 12.1 Å². The van der Waals surface area contributed by atoms with Gasteiger partial charge in [0.05, 0.1) is 11.0 Å². The highest BCUT2D eigenvalue weighted by molar-refractivity contribution is 7.89. The molecule has 5 nitrogen and oxygen atoms in total. The van der Waals surface area contributed by atoms with Crippen LogP contribution in [-0.2, 0) is 21.3 Å². The molecule has 6 heteroatoms. The Morgan fingerprint density at radius 2 is 2.05 bits per heavy atom. The Hall–Kier alpha value is -0.950. The molecule has 1 aromatic rings. The first-order valence-corrected chi connectivity index (χ1v) is 7.66. The lowest BCUT2D eigenvalue weighted by molar-refractivity contribution is 0.122. The Bertz CT molecular complexity index is 515. The maximum Gasteiger partial charge on any atom is 0.240 e. The first-order chi connectivity index (χ1) is 8.92. The zero-order chi connectivity index (χ0) is 14.5. The number of benzene rings is 1. The van der Waals surface area contributed by atoms with E-state index in [1.165, 1.54) is 0 Å². The standard InChI is InChI=1S/C13H22N2O3S/c1-10(18-4)8-15-19(16,17)13-7-5-6-12(9-14-3)11(13)2/h5-7,10,14-15H,8-9H2,1-4H3. The Kier molecular flexibility index (Phi) is 5.93. The van der Waals surface area contributed by atoms with Crippen molar-refractivity contribution < 1.29 is 13.2 Å². The van der Waals surface area contributed by atoms with E-state index in [4.69, 9.17) is 4.74 Å². The topological polar surface area (TPSA) is 67.4 Å². The van der Waals surface area contributed by atoms with Gasteiger partial charge >= 0.3 is 0 Å². The van der Waals surface area contributed by atoms with Crippen molar-refractivity contribution in [2.24, 2.45) is 0 Å². The molecular weight excluding hydrogens is 264 g/mol. The normalized spacial score (nSPS) is 13.5. The molecule has 0 saturated heterocycles. The summed E-state index contributed by atoms with van der Waals surface area (Å²) in [5.74, 6) is 0. The molecule has 1 atom stereocenters. The third-order valence-corrected chi connectivity index (χ3v) is 4.58. The molecule has 0 aliphatic carbocycles. The van der Waals surface area contributed by atoms with Gasteiger partial charge < -0.3 is 10.1 Å². The molecule has 0 radical (unpaired) electrons. The monoisotopic (exact) mass is 286 g/mol. The lowest BCUT2D eigenvalue weighted by Gasteiger charge is -2.14. The fraction of sp³-hybridized carbons (Fsp3) is 0.538. The molecule has 1 rings (SSSR count). The molecule has 108 valence electrons. The van der Waals surface area contributed by atoms with Crippen LogP contribution >= 0.6 is 0 Å². The van der Waals surface area contributed by atoms with Crippen LogP contribution in [0, 0.1) is 6.92 Å². The maximum absolute atomic E-state index is 12.2. The smallest absolute Gasteiger partial charge is 0.240 e. The molecule has 0 saturated carbocycles. The third-order valence-electron chi connectivity index (χ3n) is 3.02. The highest BCUT2D eigenvalue weighted by Crippen LogP contribution is 2.18. The van der Waals surface area contributed by atoms with Crippen LogP contribution in [0.4, 0.5) is 0 Å². The molecule has 19 heavy (non-hydrogen) atoms. The average molecular weight is 286 g/mol. The van der Waals surface area contributed by atoms with Gasteiger partial charge in [0.1, 0.15) is 0 Å². The zero-order valence-electron chi connectivity index (χ0n) is 11.9. The van der Waals surface area contributed by atoms with Crippen molar-refractivity contribution in [3.05, 3.63) is 29.3 Å². The van der Waals surface area contributed by atoms with E-state index in [0.29, 0.717) is 11.4 Å². The summed E-state index contributed by atoms with van der Waals surface area (Å²) in [5, 5.41) is 3.03. The fourth-order valence-corrected chi connectivity index (χ4v) is 3.12. The Balaban J connectivity index is 2.98. The molecule has 0 amide bonds.